The van der Waals surface area contributed by atoms with Crippen molar-refractivity contribution in [1.29, 1.82) is 0 Å². The summed E-state index contributed by atoms with van der Waals surface area (Å²) in [5.74, 6) is 1.84. The molecule has 9 nitrogen and oxygen atoms in total. The molecule has 32 heavy (non-hydrogen) atoms. The number of nitrogens with zero attached hydrogens (tertiary/aromatic N) is 6. The molecule has 0 bridgehead atoms. The highest BCUT2D eigenvalue weighted by molar-refractivity contribution is 5.91. The fraction of sp³-hybridized carbons (Fsp3) is 0.478. The number of carbonyl (C=O) groups is 1. The number of piperazine rings is 1. The first-order valence-corrected chi connectivity index (χ1v) is 10.9. The molecule has 2 aromatic heterocycles. The van der Waals surface area contributed by atoms with E-state index in [-0.39, 0.29) is 17.5 Å². The Morgan fingerprint density at radius 3 is 2.56 bits per heavy atom. The number of ether oxygens (including phenoxy) is 1. The van der Waals surface area contributed by atoms with Crippen LogP contribution in [-0.2, 0) is 5.54 Å². The van der Waals surface area contributed by atoms with Gasteiger partial charge in [-0.1, -0.05) is 25.1 Å². The molecular weight excluding hydrogens is 408 g/mol. The van der Waals surface area contributed by atoms with E-state index in [1.165, 1.54) is 6.26 Å². The van der Waals surface area contributed by atoms with Gasteiger partial charge in [-0.05, 0) is 48.9 Å². The Bertz CT molecular complexity index is 1040. The molecule has 1 amide bonds. The topological polar surface area (TPSA) is 89.5 Å². The van der Waals surface area contributed by atoms with Gasteiger partial charge in [-0.15, -0.1) is 5.10 Å². The number of hydrogen-bond donors (Lipinski definition) is 0. The average molecular weight is 439 g/mol. The predicted molar refractivity (Wildman–Crippen MR) is 118 cm³/mol. The van der Waals surface area contributed by atoms with Crippen LogP contribution < -0.4 is 4.74 Å². The number of amides is 1. The third kappa shape index (κ3) is 4.12. The lowest BCUT2D eigenvalue weighted by Gasteiger charge is -2.39. The van der Waals surface area contributed by atoms with Gasteiger partial charge in [-0.2, -0.15) is 0 Å². The Morgan fingerprint density at radius 1 is 1.16 bits per heavy atom. The summed E-state index contributed by atoms with van der Waals surface area (Å²) in [6.07, 6.45) is 2.41. The van der Waals surface area contributed by atoms with Crippen LogP contribution in [0.25, 0.3) is 0 Å². The van der Waals surface area contributed by atoms with Crippen LogP contribution in [-0.4, -0.2) is 69.2 Å². The molecule has 0 N–H and O–H groups in total. The van der Waals surface area contributed by atoms with Crippen molar-refractivity contribution in [3.8, 4) is 5.75 Å². The zero-order chi connectivity index (χ0) is 22.7. The minimum atomic E-state index is -0.240. The monoisotopic (exact) mass is 438 g/mol. The Morgan fingerprint density at radius 2 is 1.91 bits per heavy atom. The maximum Gasteiger partial charge on any atom is 0.289 e. The standard InChI is InChI=1S/C23H30N6O3/c1-5-23(2,3)29-21(24-25-26-29)20(17-9-6-7-10-18(17)31-4)27-12-14-28(15-13-27)22(30)19-11-8-16-32-19/h6-11,16,20H,5,12-15H2,1-4H3/t20-/m0/s1. The molecule has 3 aromatic rings. The number of carbonyl (C=O) groups excluding carboxylic acids is 1. The number of aromatic nitrogens is 4. The second-order valence-corrected chi connectivity index (χ2v) is 8.56. The van der Waals surface area contributed by atoms with E-state index in [0.717, 1.165) is 23.6 Å². The molecule has 0 radical (unpaired) electrons. The van der Waals surface area contributed by atoms with Crippen molar-refractivity contribution in [2.75, 3.05) is 33.3 Å². The van der Waals surface area contributed by atoms with Gasteiger partial charge in [0.2, 0.25) is 0 Å². The molecule has 1 fully saturated rings. The average Bonchev–Trinajstić information content (AvgIpc) is 3.53. The van der Waals surface area contributed by atoms with Crippen LogP contribution in [0.15, 0.2) is 47.1 Å². The third-order valence-corrected chi connectivity index (χ3v) is 6.31. The van der Waals surface area contributed by atoms with Gasteiger partial charge in [0.05, 0.1) is 18.9 Å². The van der Waals surface area contributed by atoms with E-state index < -0.39 is 0 Å². The Kier molecular flexibility index (Phi) is 6.27. The van der Waals surface area contributed by atoms with E-state index in [1.54, 1.807) is 19.2 Å². The summed E-state index contributed by atoms with van der Waals surface area (Å²) in [6.45, 7) is 8.91. The van der Waals surface area contributed by atoms with Crippen LogP contribution in [0.1, 0.15) is 55.2 Å². The minimum absolute atomic E-state index is 0.0829. The third-order valence-electron chi connectivity index (χ3n) is 6.31. The highest BCUT2D eigenvalue weighted by atomic mass is 16.5. The second-order valence-electron chi connectivity index (χ2n) is 8.56. The van der Waals surface area contributed by atoms with Crippen molar-refractivity contribution in [2.24, 2.45) is 0 Å². The quantitative estimate of drug-likeness (QED) is 0.560. The van der Waals surface area contributed by atoms with Crippen LogP contribution >= 0.6 is 0 Å². The number of hydrogen-bond acceptors (Lipinski definition) is 7. The molecule has 0 spiro atoms. The van der Waals surface area contributed by atoms with Gasteiger partial charge in [-0.25, -0.2) is 4.68 Å². The maximum atomic E-state index is 12.7. The number of methoxy groups -OCH3 is 1. The van der Waals surface area contributed by atoms with Crippen molar-refractivity contribution < 1.29 is 13.9 Å². The number of benzene rings is 1. The molecular formula is C23H30N6O3. The zero-order valence-corrected chi connectivity index (χ0v) is 19.1. The lowest BCUT2D eigenvalue weighted by molar-refractivity contribution is 0.0553. The normalized spacial score (nSPS) is 16.2. The smallest absolute Gasteiger partial charge is 0.289 e. The van der Waals surface area contributed by atoms with Crippen LogP contribution in [0.2, 0.25) is 0 Å². The second kappa shape index (κ2) is 9.12. The Hall–Kier alpha value is -3.20. The van der Waals surface area contributed by atoms with Gasteiger partial charge in [0, 0.05) is 31.7 Å². The zero-order valence-electron chi connectivity index (χ0n) is 19.1. The lowest BCUT2D eigenvalue weighted by atomic mass is 9.98. The highest BCUT2D eigenvalue weighted by Crippen LogP contribution is 2.36. The summed E-state index contributed by atoms with van der Waals surface area (Å²) in [4.78, 5) is 16.9. The van der Waals surface area contributed by atoms with E-state index in [0.29, 0.717) is 31.9 Å². The first kappa shape index (κ1) is 22.0. The SMILES string of the molecule is CCC(C)(C)n1nnnc1[C@H](c1ccccc1OC)N1CCN(C(=O)c2ccco2)CC1. The number of tetrazole rings is 1. The van der Waals surface area contributed by atoms with Crippen LogP contribution in [0.4, 0.5) is 0 Å². The molecule has 1 aromatic carbocycles. The van der Waals surface area contributed by atoms with Gasteiger partial charge in [0.1, 0.15) is 11.8 Å². The first-order valence-electron chi connectivity index (χ1n) is 10.9. The highest BCUT2D eigenvalue weighted by Gasteiger charge is 2.36. The molecule has 3 heterocycles. The molecule has 170 valence electrons. The molecule has 1 atom stereocenters. The van der Waals surface area contributed by atoms with Crippen molar-refractivity contribution in [1.82, 2.24) is 30.0 Å². The molecule has 1 aliphatic rings. The van der Waals surface area contributed by atoms with Gasteiger partial charge in [0.25, 0.3) is 5.91 Å². The Labute approximate surface area is 187 Å². The van der Waals surface area contributed by atoms with Crippen molar-refractivity contribution in [2.45, 2.75) is 38.8 Å². The number of para-hydroxylation sites is 1. The largest absolute Gasteiger partial charge is 0.496 e. The van der Waals surface area contributed by atoms with E-state index in [4.69, 9.17) is 9.15 Å². The summed E-state index contributed by atoms with van der Waals surface area (Å²) < 4.78 is 12.9. The van der Waals surface area contributed by atoms with Gasteiger partial charge in [-0.3, -0.25) is 9.69 Å². The molecule has 0 aliphatic carbocycles. The molecule has 0 saturated carbocycles. The summed E-state index contributed by atoms with van der Waals surface area (Å²) in [5, 5.41) is 12.8. The molecule has 0 unspecified atom stereocenters. The van der Waals surface area contributed by atoms with Gasteiger partial charge in [0.15, 0.2) is 11.6 Å². The molecule has 1 aliphatic heterocycles. The van der Waals surface area contributed by atoms with E-state index >= 15 is 0 Å². The number of rotatable bonds is 7. The van der Waals surface area contributed by atoms with Gasteiger partial charge < -0.3 is 14.1 Å². The van der Waals surface area contributed by atoms with E-state index in [2.05, 4.69) is 47.3 Å². The molecule has 1 saturated heterocycles. The van der Waals surface area contributed by atoms with Gasteiger partial charge >= 0.3 is 0 Å². The minimum Gasteiger partial charge on any atom is -0.496 e. The number of furan rings is 1. The van der Waals surface area contributed by atoms with E-state index in [1.807, 2.05) is 27.8 Å². The lowest BCUT2D eigenvalue weighted by Crippen LogP contribution is -2.50. The van der Waals surface area contributed by atoms with Crippen LogP contribution in [0, 0.1) is 0 Å². The predicted octanol–water partition coefficient (Wildman–Crippen LogP) is 2.97. The molecule has 9 heteroatoms. The summed E-state index contributed by atoms with van der Waals surface area (Å²) >= 11 is 0. The summed E-state index contributed by atoms with van der Waals surface area (Å²) in [7, 11) is 1.68. The fourth-order valence-corrected chi connectivity index (χ4v) is 4.08. The van der Waals surface area contributed by atoms with Crippen molar-refractivity contribution >= 4 is 5.91 Å². The maximum absolute atomic E-state index is 12.7. The summed E-state index contributed by atoms with van der Waals surface area (Å²) in [6, 6.07) is 11.2. The molecule has 4 rings (SSSR count). The Balaban J connectivity index is 1.66. The van der Waals surface area contributed by atoms with Crippen molar-refractivity contribution in [3.63, 3.8) is 0 Å². The first-order chi connectivity index (χ1) is 15.5. The van der Waals surface area contributed by atoms with Crippen LogP contribution in [0.3, 0.4) is 0 Å². The van der Waals surface area contributed by atoms with Crippen LogP contribution in [0.5, 0.6) is 5.75 Å². The van der Waals surface area contributed by atoms with E-state index in [9.17, 15) is 4.79 Å². The summed E-state index contributed by atoms with van der Waals surface area (Å²) in [5.41, 5.74) is 0.764. The fourth-order valence-electron chi connectivity index (χ4n) is 4.08. The van der Waals surface area contributed by atoms with Crippen molar-refractivity contribution in [3.05, 3.63) is 59.8 Å².